The van der Waals surface area contributed by atoms with Crippen LogP contribution in [0.2, 0.25) is 0 Å². The van der Waals surface area contributed by atoms with Gasteiger partial charge in [-0.25, -0.2) is 8.78 Å². The van der Waals surface area contributed by atoms with Crippen LogP contribution in [0.3, 0.4) is 0 Å². The van der Waals surface area contributed by atoms with Crippen molar-refractivity contribution in [3.8, 4) is 0 Å². The zero-order chi connectivity index (χ0) is 12.7. The summed E-state index contributed by atoms with van der Waals surface area (Å²) in [6, 6.07) is 6.75. The van der Waals surface area contributed by atoms with Gasteiger partial charge in [0.25, 0.3) is 5.92 Å². The van der Waals surface area contributed by atoms with Crippen molar-refractivity contribution in [2.24, 2.45) is 0 Å². The van der Waals surface area contributed by atoms with Crippen LogP contribution in [0.25, 0.3) is 0 Å². The van der Waals surface area contributed by atoms with Crippen LogP contribution in [0, 0.1) is 0 Å². The molecule has 17 heavy (non-hydrogen) atoms. The minimum atomic E-state index is -2.68. The molecule has 96 valence electrons. The lowest BCUT2D eigenvalue weighted by molar-refractivity contribution is -0.0140. The van der Waals surface area contributed by atoms with Gasteiger partial charge >= 0.3 is 0 Å². The van der Waals surface area contributed by atoms with E-state index in [-0.39, 0.29) is 12.0 Å². The van der Waals surface area contributed by atoms with E-state index in [4.69, 9.17) is 0 Å². The molecule has 0 bridgehead atoms. The standard InChI is InChI=1S/C14H21F2N/c1-3-10-14(15,16)13-8-6-12(7-9-13)5-4-11-17-2/h6-9,17H,3-5,10-11H2,1-2H3. The molecule has 0 aliphatic rings. The van der Waals surface area contributed by atoms with Gasteiger partial charge in [-0.05, 0) is 32.0 Å². The van der Waals surface area contributed by atoms with Crippen molar-refractivity contribution in [1.82, 2.24) is 5.32 Å². The number of hydrogen-bond acceptors (Lipinski definition) is 1. The van der Waals surface area contributed by atoms with Crippen molar-refractivity contribution in [2.45, 2.75) is 38.5 Å². The van der Waals surface area contributed by atoms with Gasteiger partial charge in [-0.3, -0.25) is 0 Å². The maximum atomic E-state index is 13.6. The summed E-state index contributed by atoms with van der Waals surface area (Å²) in [6.07, 6.45) is 2.38. The van der Waals surface area contributed by atoms with Crippen molar-refractivity contribution in [3.63, 3.8) is 0 Å². The van der Waals surface area contributed by atoms with Gasteiger partial charge in [0.05, 0.1) is 0 Å². The Labute approximate surface area is 102 Å². The Kier molecular flexibility index (Phi) is 5.56. The molecule has 0 atom stereocenters. The highest BCUT2D eigenvalue weighted by Gasteiger charge is 2.29. The number of rotatable bonds is 7. The SMILES string of the molecule is CCCC(F)(F)c1ccc(CCCNC)cc1. The topological polar surface area (TPSA) is 12.0 Å². The predicted molar refractivity (Wildman–Crippen MR) is 67.5 cm³/mol. The first-order valence-corrected chi connectivity index (χ1v) is 6.22. The van der Waals surface area contributed by atoms with Crippen molar-refractivity contribution < 1.29 is 8.78 Å². The Bertz CT molecular complexity index is 319. The summed E-state index contributed by atoms with van der Waals surface area (Å²) in [4.78, 5) is 0. The van der Waals surface area contributed by atoms with E-state index in [9.17, 15) is 8.78 Å². The Morgan fingerprint density at radius 2 is 1.82 bits per heavy atom. The van der Waals surface area contributed by atoms with E-state index in [0.29, 0.717) is 6.42 Å². The molecule has 0 spiro atoms. The average molecular weight is 241 g/mol. The summed E-state index contributed by atoms with van der Waals surface area (Å²) in [5, 5.41) is 3.07. The first-order chi connectivity index (χ1) is 8.10. The second-order valence-corrected chi connectivity index (χ2v) is 4.36. The Balaban J connectivity index is 2.61. The Morgan fingerprint density at radius 1 is 1.18 bits per heavy atom. The molecule has 0 unspecified atom stereocenters. The van der Waals surface area contributed by atoms with Crippen LogP contribution in [0.15, 0.2) is 24.3 Å². The molecule has 0 aliphatic heterocycles. The van der Waals surface area contributed by atoms with Crippen LogP contribution >= 0.6 is 0 Å². The lowest BCUT2D eigenvalue weighted by Crippen LogP contribution is -2.12. The summed E-state index contributed by atoms with van der Waals surface area (Å²) in [6.45, 7) is 2.73. The molecule has 0 amide bonds. The monoisotopic (exact) mass is 241 g/mol. The van der Waals surface area contributed by atoms with E-state index in [1.165, 1.54) is 0 Å². The molecule has 1 nitrogen and oxygen atoms in total. The summed E-state index contributed by atoms with van der Waals surface area (Å²) < 4.78 is 27.2. The molecule has 0 radical (unpaired) electrons. The Hall–Kier alpha value is -0.960. The molecule has 1 N–H and O–H groups in total. The van der Waals surface area contributed by atoms with E-state index in [1.54, 1.807) is 19.1 Å². The molecule has 1 aromatic carbocycles. The molecule has 0 aromatic heterocycles. The third-order valence-corrected chi connectivity index (χ3v) is 2.83. The fraction of sp³-hybridized carbons (Fsp3) is 0.571. The molecule has 1 rings (SSSR count). The highest BCUT2D eigenvalue weighted by atomic mass is 19.3. The van der Waals surface area contributed by atoms with Crippen LogP contribution in [0.4, 0.5) is 8.78 Å². The second-order valence-electron chi connectivity index (χ2n) is 4.36. The quantitative estimate of drug-likeness (QED) is 0.717. The van der Waals surface area contributed by atoms with E-state index >= 15 is 0 Å². The smallest absolute Gasteiger partial charge is 0.273 e. The summed E-state index contributed by atoms with van der Waals surface area (Å²) in [7, 11) is 1.91. The Morgan fingerprint density at radius 3 is 2.35 bits per heavy atom. The number of alkyl halides is 2. The molecule has 0 saturated carbocycles. The lowest BCUT2D eigenvalue weighted by Gasteiger charge is -2.16. The van der Waals surface area contributed by atoms with Crippen molar-refractivity contribution in [3.05, 3.63) is 35.4 Å². The highest BCUT2D eigenvalue weighted by molar-refractivity contribution is 5.25. The van der Waals surface area contributed by atoms with Gasteiger partial charge in [-0.1, -0.05) is 37.6 Å². The number of hydrogen-bond donors (Lipinski definition) is 1. The summed E-state index contributed by atoms with van der Waals surface area (Å²) in [5.41, 5.74) is 1.26. The minimum absolute atomic E-state index is 0.0773. The number of nitrogens with one attached hydrogen (secondary N) is 1. The fourth-order valence-corrected chi connectivity index (χ4v) is 1.84. The first kappa shape index (κ1) is 14.1. The molecular formula is C14H21F2N. The highest BCUT2D eigenvalue weighted by Crippen LogP contribution is 2.32. The van der Waals surface area contributed by atoms with Crippen molar-refractivity contribution in [2.75, 3.05) is 13.6 Å². The van der Waals surface area contributed by atoms with Gasteiger partial charge in [-0.2, -0.15) is 0 Å². The van der Waals surface area contributed by atoms with E-state index in [0.717, 1.165) is 24.9 Å². The van der Waals surface area contributed by atoms with Crippen LogP contribution < -0.4 is 5.32 Å². The maximum Gasteiger partial charge on any atom is 0.273 e. The van der Waals surface area contributed by atoms with E-state index < -0.39 is 5.92 Å². The van der Waals surface area contributed by atoms with Crippen LogP contribution in [-0.4, -0.2) is 13.6 Å². The van der Waals surface area contributed by atoms with Gasteiger partial charge in [-0.15, -0.1) is 0 Å². The van der Waals surface area contributed by atoms with Gasteiger partial charge in [0, 0.05) is 12.0 Å². The van der Waals surface area contributed by atoms with E-state index in [1.807, 2.05) is 19.2 Å². The second kappa shape index (κ2) is 6.70. The number of benzene rings is 1. The van der Waals surface area contributed by atoms with Crippen LogP contribution in [0.5, 0.6) is 0 Å². The van der Waals surface area contributed by atoms with Gasteiger partial charge in [0.1, 0.15) is 0 Å². The van der Waals surface area contributed by atoms with Gasteiger partial charge in [0.2, 0.25) is 0 Å². The third-order valence-electron chi connectivity index (χ3n) is 2.83. The predicted octanol–water partition coefficient (Wildman–Crippen LogP) is 3.73. The largest absolute Gasteiger partial charge is 0.320 e. The fourth-order valence-electron chi connectivity index (χ4n) is 1.84. The molecular weight excluding hydrogens is 220 g/mol. The zero-order valence-corrected chi connectivity index (χ0v) is 10.6. The molecule has 0 heterocycles. The summed E-state index contributed by atoms with van der Waals surface area (Å²) >= 11 is 0. The molecule has 3 heteroatoms. The van der Waals surface area contributed by atoms with E-state index in [2.05, 4.69) is 5.32 Å². The number of halogens is 2. The minimum Gasteiger partial charge on any atom is -0.320 e. The van der Waals surface area contributed by atoms with Crippen LogP contribution in [-0.2, 0) is 12.3 Å². The molecule has 0 aliphatic carbocycles. The number of aryl methyl sites for hydroxylation is 1. The van der Waals surface area contributed by atoms with Crippen molar-refractivity contribution >= 4 is 0 Å². The molecule has 0 fully saturated rings. The van der Waals surface area contributed by atoms with Gasteiger partial charge < -0.3 is 5.32 Å². The molecule has 1 aromatic rings. The lowest BCUT2D eigenvalue weighted by atomic mass is 10.0. The first-order valence-electron chi connectivity index (χ1n) is 6.22. The zero-order valence-electron chi connectivity index (χ0n) is 10.6. The summed E-state index contributed by atoms with van der Waals surface area (Å²) in [5.74, 6) is -2.68. The normalized spacial score (nSPS) is 11.8. The maximum absolute atomic E-state index is 13.6. The van der Waals surface area contributed by atoms with Crippen molar-refractivity contribution in [1.29, 1.82) is 0 Å². The van der Waals surface area contributed by atoms with Gasteiger partial charge in [0.15, 0.2) is 0 Å². The third kappa shape index (κ3) is 4.43. The molecule has 0 saturated heterocycles. The van der Waals surface area contributed by atoms with Crippen LogP contribution in [0.1, 0.15) is 37.3 Å². The average Bonchev–Trinajstić information content (AvgIpc) is 2.30.